The van der Waals surface area contributed by atoms with Gasteiger partial charge in [-0.3, -0.25) is 4.98 Å². The average molecular weight is 302 g/mol. The highest BCUT2D eigenvalue weighted by Crippen LogP contribution is 2.33. The van der Waals surface area contributed by atoms with Gasteiger partial charge in [0.05, 0.1) is 11.9 Å². The lowest BCUT2D eigenvalue weighted by Gasteiger charge is -2.24. The maximum atomic E-state index is 12.7. The summed E-state index contributed by atoms with van der Waals surface area (Å²) in [5, 5.41) is 3.22. The fourth-order valence-corrected chi connectivity index (χ4v) is 2.08. The SMILES string of the molecule is CC(C)CNCc1cncc(N(CC(F)(F)F)C2CC2)n1. The molecule has 1 N–H and O–H groups in total. The molecule has 1 fully saturated rings. The molecule has 0 radical (unpaired) electrons. The number of hydrogen-bond acceptors (Lipinski definition) is 4. The van der Waals surface area contributed by atoms with E-state index in [0.717, 1.165) is 19.4 Å². The number of aromatic nitrogens is 2. The van der Waals surface area contributed by atoms with Crippen LogP contribution >= 0.6 is 0 Å². The van der Waals surface area contributed by atoms with Crippen molar-refractivity contribution in [1.82, 2.24) is 15.3 Å². The maximum Gasteiger partial charge on any atom is 0.405 e. The lowest BCUT2D eigenvalue weighted by molar-refractivity contribution is -0.120. The highest BCUT2D eigenvalue weighted by molar-refractivity contribution is 5.40. The summed E-state index contributed by atoms with van der Waals surface area (Å²) in [5.74, 6) is 0.827. The van der Waals surface area contributed by atoms with E-state index in [1.165, 1.54) is 11.1 Å². The van der Waals surface area contributed by atoms with Gasteiger partial charge in [-0.05, 0) is 25.3 Å². The van der Waals surface area contributed by atoms with E-state index < -0.39 is 12.7 Å². The van der Waals surface area contributed by atoms with Crippen LogP contribution in [0.2, 0.25) is 0 Å². The summed E-state index contributed by atoms with van der Waals surface area (Å²) in [5.41, 5.74) is 0.668. The Balaban J connectivity index is 2.03. The lowest BCUT2D eigenvalue weighted by atomic mass is 10.2. The van der Waals surface area contributed by atoms with Crippen LogP contribution < -0.4 is 10.2 Å². The first-order valence-corrected chi connectivity index (χ1v) is 7.20. The molecule has 0 bridgehead atoms. The maximum absolute atomic E-state index is 12.7. The number of hydrogen-bond donors (Lipinski definition) is 1. The number of nitrogens with one attached hydrogen (secondary N) is 1. The summed E-state index contributed by atoms with van der Waals surface area (Å²) in [6.45, 7) is 4.57. The van der Waals surface area contributed by atoms with Crippen LogP contribution in [0, 0.1) is 5.92 Å². The second-order valence-corrected chi connectivity index (χ2v) is 5.87. The van der Waals surface area contributed by atoms with E-state index in [2.05, 4.69) is 29.1 Å². The fourth-order valence-electron chi connectivity index (χ4n) is 2.08. The average Bonchev–Trinajstić information content (AvgIpc) is 3.19. The van der Waals surface area contributed by atoms with Crippen LogP contribution in [0.4, 0.5) is 19.0 Å². The molecule has 1 saturated carbocycles. The Hall–Kier alpha value is -1.37. The van der Waals surface area contributed by atoms with Crippen molar-refractivity contribution in [3.05, 3.63) is 18.1 Å². The number of anilines is 1. The first-order valence-electron chi connectivity index (χ1n) is 7.20. The van der Waals surface area contributed by atoms with Gasteiger partial charge in [0.15, 0.2) is 0 Å². The van der Waals surface area contributed by atoms with Crippen LogP contribution in [0.1, 0.15) is 32.4 Å². The van der Waals surface area contributed by atoms with Crippen molar-refractivity contribution in [3.8, 4) is 0 Å². The van der Waals surface area contributed by atoms with Crippen molar-refractivity contribution in [2.75, 3.05) is 18.0 Å². The minimum absolute atomic E-state index is 0.0557. The monoisotopic (exact) mass is 302 g/mol. The molecule has 1 heterocycles. The quantitative estimate of drug-likeness (QED) is 0.841. The highest BCUT2D eigenvalue weighted by Gasteiger charge is 2.38. The van der Waals surface area contributed by atoms with Gasteiger partial charge in [0.2, 0.25) is 0 Å². The number of halogens is 3. The van der Waals surface area contributed by atoms with Crippen molar-refractivity contribution < 1.29 is 13.2 Å². The Morgan fingerprint density at radius 1 is 1.33 bits per heavy atom. The zero-order valence-electron chi connectivity index (χ0n) is 12.3. The van der Waals surface area contributed by atoms with E-state index in [4.69, 9.17) is 0 Å². The van der Waals surface area contributed by atoms with E-state index >= 15 is 0 Å². The molecule has 4 nitrogen and oxygen atoms in total. The van der Waals surface area contributed by atoms with Crippen LogP contribution in [-0.2, 0) is 6.54 Å². The molecule has 1 aromatic rings. The predicted octanol–water partition coefficient (Wildman–Crippen LogP) is 2.75. The molecule has 0 aromatic carbocycles. The molecular formula is C14H21F3N4. The number of alkyl halides is 3. The second-order valence-electron chi connectivity index (χ2n) is 5.87. The Bertz CT molecular complexity index is 458. The largest absolute Gasteiger partial charge is 0.405 e. The summed E-state index contributed by atoms with van der Waals surface area (Å²) in [6.07, 6.45) is 0.350. The van der Waals surface area contributed by atoms with Crippen molar-refractivity contribution in [2.45, 2.75) is 45.5 Å². The Labute approximate surface area is 122 Å². The number of nitrogens with zero attached hydrogens (tertiary/aromatic N) is 3. The van der Waals surface area contributed by atoms with Gasteiger partial charge in [0.1, 0.15) is 12.4 Å². The zero-order chi connectivity index (χ0) is 15.5. The lowest BCUT2D eigenvalue weighted by Crippen LogP contribution is -2.36. The molecule has 0 saturated heterocycles. The molecule has 118 valence electrons. The third-order valence-corrected chi connectivity index (χ3v) is 3.16. The Morgan fingerprint density at radius 3 is 2.62 bits per heavy atom. The molecule has 0 atom stereocenters. The van der Waals surface area contributed by atoms with Gasteiger partial charge in [-0.15, -0.1) is 0 Å². The Kier molecular flexibility index (Phi) is 5.03. The molecule has 0 unspecified atom stereocenters. The summed E-state index contributed by atoms with van der Waals surface area (Å²) >= 11 is 0. The third-order valence-electron chi connectivity index (χ3n) is 3.16. The molecule has 2 rings (SSSR count). The van der Waals surface area contributed by atoms with Gasteiger partial charge in [-0.2, -0.15) is 13.2 Å². The molecular weight excluding hydrogens is 281 g/mol. The van der Waals surface area contributed by atoms with Gasteiger partial charge in [-0.1, -0.05) is 13.8 Å². The van der Waals surface area contributed by atoms with Crippen molar-refractivity contribution in [1.29, 1.82) is 0 Å². The van der Waals surface area contributed by atoms with Gasteiger partial charge in [-0.25, -0.2) is 4.98 Å². The standard InChI is InChI=1S/C14H21F3N4/c1-10(2)5-18-6-11-7-19-8-13(20-11)21(12-3-4-12)9-14(15,16)17/h7-8,10,12,18H,3-6,9H2,1-2H3. The van der Waals surface area contributed by atoms with E-state index in [9.17, 15) is 13.2 Å². The van der Waals surface area contributed by atoms with Crippen molar-refractivity contribution >= 4 is 5.82 Å². The molecule has 0 amide bonds. The van der Waals surface area contributed by atoms with Crippen LogP contribution in [0.3, 0.4) is 0 Å². The smallest absolute Gasteiger partial charge is 0.343 e. The second kappa shape index (κ2) is 6.60. The molecule has 0 spiro atoms. The molecule has 1 aliphatic rings. The van der Waals surface area contributed by atoms with E-state index in [0.29, 0.717) is 24.0 Å². The third kappa shape index (κ3) is 5.49. The van der Waals surface area contributed by atoms with Gasteiger partial charge in [0.25, 0.3) is 0 Å². The van der Waals surface area contributed by atoms with E-state index in [-0.39, 0.29) is 6.04 Å². The first-order chi connectivity index (χ1) is 9.85. The molecule has 7 heteroatoms. The molecule has 0 aliphatic heterocycles. The first kappa shape index (κ1) is 16.0. The van der Waals surface area contributed by atoms with Crippen LogP contribution in [-0.4, -0.2) is 35.3 Å². The summed E-state index contributed by atoms with van der Waals surface area (Å²) in [4.78, 5) is 9.67. The topological polar surface area (TPSA) is 41.1 Å². The number of rotatable bonds is 7. The van der Waals surface area contributed by atoms with Gasteiger partial charge >= 0.3 is 6.18 Å². The highest BCUT2D eigenvalue weighted by atomic mass is 19.4. The van der Waals surface area contributed by atoms with Gasteiger partial charge in [0, 0.05) is 18.8 Å². The predicted molar refractivity (Wildman–Crippen MR) is 75.0 cm³/mol. The summed E-state index contributed by atoms with van der Waals surface area (Å²) < 4.78 is 38.0. The van der Waals surface area contributed by atoms with Gasteiger partial charge < -0.3 is 10.2 Å². The van der Waals surface area contributed by atoms with Crippen LogP contribution in [0.25, 0.3) is 0 Å². The van der Waals surface area contributed by atoms with Crippen LogP contribution in [0.5, 0.6) is 0 Å². The minimum Gasteiger partial charge on any atom is -0.343 e. The fraction of sp³-hybridized carbons (Fsp3) is 0.714. The normalized spacial score (nSPS) is 15.5. The zero-order valence-corrected chi connectivity index (χ0v) is 12.3. The van der Waals surface area contributed by atoms with Crippen LogP contribution in [0.15, 0.2) is 12.4 Å². The van der Waals surface area contributed by atoms with Crippen molar-refractivity contribution in [3.63, 3.8) is 0 Å². The Morgan fingerprint density at radius 2 is 2.05 bits per heavy atom. The molecule has 1 aromatic heterocycles. The minimum atomic E-state index is -4.23. The molecule has 1 aliphatic carbocycles. The van der Waals surface area contributed by atoms with Crippen molar-refractivity contribution in [2.24, 2.45) is 5.92 Å². The van der Waals surface area contributed by atoms with E-state index in [1.54, 1.807) is 6.20 Å². The summed E-state index contributed by atoms with van der Waals surface area (Å²) in [7, 11) is 0. The molecule has 21 heavy (non-hydrogen) atoms. The van der Waals surface area contributed by atoms with E-state index in [1.807, 2.05) is 0 Å². The summed E-state index contributed by atoms with van der Waals surface area (Å²) in [6, 6.07) is -0.0557.